The molecule has 0 amide bonds. The molecule has 0 rings (SSSR count). The number of methoxy groups -OCH3 is 2. The number of hydrogen-bond donors (Lipinski definition) is 1. The fraction of sp³-hybridized carbons (Fsp3) is 1.00. The second kappa shape index (κ2) is 4.99. The lowest BCUT2D eigenvalue weighted by atomic mass is 11.0. The van der Waals surface area contributed by atoms with Gasteiger partial charge in [0, 0.05) is 14.2 Å². The Morgan fingerprint density at radius 1 is 1.25 bits per heavy atom. The van der Waals surface area contributed by atoms with Crippen LogP contribution in [0.5, 0.6) is 0 Å². The standard InChI is InChI=1S/C4H11NO3/c1-7-3-5(6)4-8-2/h6H,3-4H2,1-2H3. The van der Waals surface area contributed by atoms with Crippen LogP contribution in [0.2, 0.25) is 0 Å². The van der Waals surface area contributed by atoms with Crippen molar-refractivity contribution in [1.82, 2.24) is 5.06 Å². The zero-order chi connectivity index (χ0) is 6.41. The van der Waals surface area contributed by atoms with Crippen LogP contribution in [-0.4, -0.2) is 38.0 Å². The third-order valence-corrected chi connectivity index (χ3v) is 0.556. The topological polar surface area (TPSA) is 41.9 Å². The molecular weight excluding hydrogens is 110 g/mol. The van der Waals surface area contributed by atoms with Crippen molar-refractivity contribution in [3.05, 3.63) is 0 Å². The monoisotopic (exact) mass is 121 g/mol. The van der Waals surface area contributed by atoms with Crippen LogP contribution in [0.4, 0.5) is 0 Å². The van der Waals surface area contributed by atoms with Crippen molar-refractivity contribution in [3.63, 3.8) is 0 Å². The van der Waals surface area contributed by atoms with E-state index in [2.05, 4.69) is 9.47 Å². The molecule has 4 heteroatoms. The van der Waals surface area contributed by atoms with Gasteiger partial charge in [-0.1, -0.05) is 0 Å². The van der Waals surface area contributed by atoms with Gasteiger partial charge in [0.25, 0.3) is 0 Å². The van der Waals surface area contributed by atoms with Crippen LogP contribution >= 0.6 is 0 Å². The highest BCUT2D eigenvalue weighted by molar-refractivity contribution is 4.17. The van der Waals surface area contributed by atoms with E-state index in [1.54, 1.807) is 0 Å². The Hall–Kier alpha value is -0.160. The molecule has 50 valence electrons. The van der Waals surface area contributed by atoms with Crippen molar-refractivity contribution in [3.8, 4) is 0 Å². The van der Waals surface area contributed by atoms with Crippen molar-refractivity contribution >= 4 is 0 Å². The summed E-state index contributed by atoms with van der Waals surface area (Å²) in [5.41, 5.74) is 0. The summed E-state index contributed by atoms with van der Waals surface area (Å²) in [6, 6.07) is 0. The maximum absolute atomic E-state index is 8.63. The second-order valence-electron chi connectivity index (χ2n) is 1.34. The van der Waals surface area contributed by atoms with Gasteiger partial charge in [-0.05, 0) is 0 Å². The van der Waals surface area contributed by atoms with E-state index in [4.69, 9.17) is 5.21 Å². The van der Waals surface area contributed by atoms with E-state index in [1.807, 2.05) is 0 Å². The smallest absolute Gasteiger partial charge is 0.124 e. The van der Waals surface area contributed by atoms with Crippen LogP contribution in [0.3, 0.4) is 0 Å². The van der Waals surface area contributed by atoms with E-state index in [-0.39, 0.29) is 13.5 Å². The highest BCUT2D eigenvalue weighted by Gasteiger charge is 1.93. The number of ether oxygens (including phenoxy) is 2. The Bertz CT molecular complexity index is 44.5. The molecule has 0 unspecified atom stereocenters. The van der Waals surface area contributed by atoms with Gasteiger partial charge in [-0.25, -0.2) is 0 Å². The van der Waals surface area contributed by atoms with Crippen molar-refractivity contribution in [2.24, 2.45) is 0 Å². The highest BCUT2D eigenvalue weighted by Crippen LogP contribution is 1.78. The number of nitrogens with zero attached hydrogens (tertiary/aromatic N) is 1. The minimum atomic E-state index is 0.174. The zero-order valence-corrected chi connectivity index (χ0v) is 5.13. The van der Waals surface area contributed by atoms with Gasteiger partial charge >= 0.3 is 0 Å². The van der Waals surface area contributed by atoms with Crippen molar-refractivity contribution in [1.29, 1.82) is 0 Å². The van der Waals surface area contributed by atoms with E-state index < -0.39 is 0 Å². The molecule has 8 heavy (non-hydrogen) atoms. The summed E-state index contributed by atoms with van der Waals surface area (Å²) in [6.07, 6.45) is 0. The van der Waals surface area contributed by atoms with Crippen LogP contribution in [0.15, 0.2) is 0 Å². The van der Waals surface area contributed by atoms with Gasteiger partial charge in [-0.3, -0.25) is 0 Å². The van der Waals surface area contributed by atoms with E-state index in [1.165, 1.54) is 14.2 Å². The molecule has 0 radical (unpaired) electrons. The quantitative estimate of drug-likeness (QED) is 0.416. The Morgan fingerprint density at radius 2 is 1.62 bits per heavy atom. The molecule has 0 aliphatic rings. The largest absolute Gasteiger partial charge is 0.367 e. The summed E-state index contributed by atoms with van der Waals surface area (Å²) in [5, 5.41) is 9.55. The fourth-order valence-corrected chi connectivity index (χ4v) is 0.335. The molecule has 0 saturated carbocycles. The van der Waals surface area contributed by atoms with Crippen LogP contribution in [0, 0.1) is 0 Å². The molecule has 0 fully saturated rings. The molecule has 0 atom stereocenters. The molecule has 0 bridgehead atoms. The molecular formula is C4H11NO3. The van der Waals surface area contributed by atoms with Gasteiger partial charge in [0.2, 0.25) is 0 Å². The van der Waals surface area contributed by atoms with Crippen molar-refractivity contribution in [2.45, 2.75) is 0 Å². The summed E-state index contributed by atoms with van der Waals surface area (Å²) in [4.78, 5) is 0. The maximum Gasteiger partial charge on any atom is 0.124 e. The average Bonchev–Trinajstić information content (AvgIpc) is 1.68. The number of hydroxylamine groups is 2. The van der Waals surface area contributed by atoms with Gasteiger partial charge < -0.3 is 14.7 Å². The predicted octanol–water partition coefficient (Wildman–Crippen LogP) is -0.115. The molecule has 4 nitrogen and oxygen atoms in total. The Morgan fingerprint density at radius 3 is 1.88 bits per heavy atom. The summed E-state index contributed by atoms with van der Waals surface area (Å²) in [7, 11) is 3.00. The average molecular weight is 121 g/mol. The lowest BCUT2D eigenvalue weighted by molar-refractivity contribution is -0.197. The normalized spacial score (nSPS) is 10.5. The second-order valence-corrected chi connectivity index (χ2v) is 1.34. The van der Waals surface area contributed by atoms with Gasteiger partial charge in [-0.2, -0.15) is 0 Å². The molecule has 0 aromatic heterocycles. The van der Waals surface area contributed by atoms with E-state index >= 15 is 0 Å². The number of rotatable bonds is 4. The Balaban J connectivity index is 2.92. The molecule has 0 aromatic rings. The van der Waals surface area contributed by atoms with E-state index in [0.717, 1.165) is 5.06 Å². The van der Waals surface area contributed by atoms with Gasteiger partial charge in [0.05, 0.1) is 0 Å². The number of hydrogen-bond acceptors (Lipinski definition) is 4. The van der Waals surface area contributed by atoms with Crippen LogP contribution in [-0.2, 0) is 9.47 Å². The van der Waals surface area contributed by atoms with Gasteiger partial charge in [0.1, 0.15) is 13.5 Å². The molecule has 1 N–H and O–H groups in total. The summed E-state index contributed by atoms with van der Waals surface area (Å²) < 4.78 is 9.10. The fourth-order valence-electron chi connectivity index (χ4n) is 0.335. The highest BCUT2D eigenvalue weighted by atomic mass is 16.6. The lowest BCUT2D eigenvalue weighted by Crippen LogP contribution is -2.23. The summed E-state index contributed by atoms with van der Waals surface area (Å²) in [5.74, 6) is 0. The van der Waals surface area contributed by atoms with E-state index in [0.29, 0.717) is 0 Å². The zero-order valence-electron chi connectivity index (χ0n) is 5.13. The SMILES string of the molecule is COCN(O)COC. The van der Waals surface area contributed by atoms with Crippen molar-refractivity contribution in [2.75, 3.05) is 27.7 Å². The summed E-state index contributed by atoms with van der Waals surface area (Å²) >= 11 is 0. The summed E-state index contributed by atoms with van der Waals surface area (Å²) in [6.45, 7) is 0.349. The first kappa shape index (κ1) is 7.84. The molecule has 0 aromatic carbocycles. The van der Waals surface area contributed by atoms with Crippen LogP contribution in [0.25, 0.3) is 0 Å². The predicted molar refractivity (Wildman–Crippen MR) is 27.4 cm³/mol. The first-order chi connectivity index (χ1) is 3.81. The minimum Gasteiger partial charge on any atom is -0.367 e. The third kappa shape index (κ3) is 4.01. The third-order valence-electron chi connectivity index (χ3n) is 0.556. The van der Waals surface area contributed by atoms with Crippen molar-refractivity contribution < 1.29 is 14.7 Å². The molecule has 0 aliphatic heterocycles. The van der Waals surface area contributed by atoms with Crippen LogP contribution in [0.1, 0.15) is 0 Å². The first-order valence-electron chi connectivity index (χ1n) is 2.23. The van der Waals surface area contributed by atoms with E-state index in [9.17, 15) is 0 Å². The first-order valence-corrected chi connectivity index (χ1v) is 2.23. The van der Waals surface area contributed by atoms with Gasteiger partial charge in [-0.15, -0.1) is 5.06 Å². The Kier molecular flexibility index (Phi) is 4.89. The van der Waals surface area contributed by atoms with Gasteiger partial charge in [0.15, 0.2) is 0 Å². The molecule has 0 saturated heterocycles. The Labute approximate surface area is 48.6 Å². The minimum absolute atomic E-state index is 0.174. The molecule has 0 spiro atoms. The van der Waals surface area contributed by atoms with Crippen LogP contribution < -0.4 is 0 Å². The molecule has 0 heterocycles. The molecule has 0 aliphatic carbocycles. The lowest BCUT2D eigenvalue weighted by Gasteiger charge is -2.10. The maximum atomic E-state index is 8.63.